The third-order valence-corrected chi connectivity index (χ3v) is 1.50. The number of amides is 1. The minimum absolute atomic E-state index is 0.282. The van der Waals surface area contributed by atoms with Gasteiger partial charge in [0.25, 0.3) is 0 Å². The normalized spacial score (nSPS) is 10.4. The van der Waals surface area contributed by atoms with Gasteiger partial charge in [-0.1, -0.05) is 0 Å². The Balaban J connectivity index is 2.88. The lowest BCUT2D eigenvalue weighted by Gasteiger charge is -2.04. The molecule has 0 aromatic rings. The summed E-state index contributed by atoms with van der Waals surface area (Å²) in [5, 5.41) is 0. The number of ether oxygens (including phenoxy) is 3. The maximum Gasteiger partial charge on any atom is 0.219 e. The number of hydrogen-bond donors (Lipinski definition) is 1. The molecule has 0 aliphatic rings. The summed E-state index contributed by atoms with van der Waals surface area (Å²) in [5.74, 6) is -0.332. The first kappa shape index (κ1) is 13.4. The van der Waals surface area contributed by atoms with Crippen LogP contribution in [0, 0.1) is 0 Å². The lowest BCUT2D eigenvalue weighted by Crippen LogP contribution is -2.14. The minimum Gasteiger partial charge on any atom is -0.382 e. The fraction of sp³-hybridized carbons (Fsp3) is 0.889. The largest absolute Gasteiger partial charge is 0.382 e. The zero-order valence-electron chi connectivity index (χ0n) is 8.66. The monoisotopic (exact) mass is 205 g/mol. The molecule has 5 heteroatoms. The van der Waals surface area contributed by atoms with Crippen molar-refractivity contribution >= 4 is 5.91 Å². The van der Waals surface area contributed by atoms with Crippen LogP contribution in [-0.4, -0.2) is 46.1 Å². The molecule has 84 valence electrons. The Morgan fingerprint density at radius 2 is 1.71 bits per heavy atom. The Morgan fingerprint density at radius 1 is 1.07 bits per heavy atom. The van der Waals surface area contributed by atoms with Crippen molar-refractivity contribution in [3.8, 4) is 0 Å². The quantitative estimate of drug-likeness (QED) is 0.507. The van der Waals surface area contributed by atoms with Crippen LogP contribution in [0.3, 0.4) is 0 Å². The summed E-state index contributed by atoms with van der Waals surface area (Å²) in [6, 6.07) is 0. The second-order valence-corrected chi connectivity index (χ2v) is 2.79. The van der Waals surface area contributed by atoms with Gasteiger partial charge in [-0.25, -0.2) is 0 Å². The van der Waals surface area contributed by atoms with E-state index in [9.17, 15) is 4.79 Å². The molecule has 1 amide bonds. The fourth-order valence-electron chi connectivity index (χ4n) is 0.782. The van der Waals surface area contributed by atoms with Gasteiger partial charge in [-0.3, -0.25) is 4.79 Å². The van der Waals surface area contributed by atoms with Gasteiger partial charge in [-0.15, -0.1) is 0 Å². The predicted molar refractivity (Wildman–Crippen MR) is 51.9 cm³/mol. The summed E-state index contributed by atoms with van der Waals surface area (Å²) in [6.07, 6.45) is 1.10. The molecule has 5 nitrogen and oxygen atoms in total. The third kappa shape index (κ3) is 11.4. The molecular weight excluding hydrogens is 186 g/mol. The van der Waals surface area contributed by atoms with Crippen molar-refractivity contribution in [2.75, 3.05) is 40.1 Å². The first-order valence-corrected chi connectivity index (χ1v) is 4.70. The number of hydrogen-bond acceptors (Lipinski definition) is 4. The molecule has 0 saturated carbocycles. The van der Waals surface area contributed by atoms with Crippen molar-refractivity contribution in [3.05, 3.63) is 0 Å². The molecule has 0 aliphatic heterocycles. The zero-order chi connectivity index (χ0) is 10.6. The second kappa shape index (κ2) is 10.4. The highest BCUT2D eigenvalue weighted by molar-refractivity contribution is 5.73. The topological polar surface area (TPSA) is 70.8 Å². The van der Waals surface area contributed by atoms with Crippen LogP contribution in [0.4, 0.5) is 0 Å². The summed E-state index contributed by atoms with van der Waals surface area (Å²) in [6.45, 7) is 2.87. The van der Waals surface area contributed by atoms with Crippen molar-refractivity contribution in [1.82, 2.24) is 0 Å². The van der Waals surface area contributed by atoms with E-state index in [2.05, 4.69) is 0 Å². The summed E-state index contributed by atoms with van der Waals surface area (Å²) < 4.78 is 15.1. The first-order chi connectivity index (χ1) is 6.77. The molecule has 0 spiro atoms. The Labute approximate surface area is 84.5 Å². The molecule has 0 radical (unpaired) electrons. The van der Waals surface area contributed by atoms with Crippen LogP contribution >= 0.6 is 0 Å². The molecule has 0 aliphatic carbocycles. The highest BCUT2D eigenvalue weighted by Crippen LogP contribution is 1.87. The molecule has 0 fully saturated rings. The van der Waals surface area contributed by atoms with E-state index in [1.165, 1.54) is 0 Å². The molecule has 2 N–H and O–H groups in total. The standard InChI is InChI=1S/C9H19NO4/c1-12-7-8-14-5-2-4-13-6-3-9(10)11/h2-8H2,1H3,(H2,10,11). The van der Waals surface area contributed by atoms with Crippen LogP contribution in [0.1, 0.15) is 12.8 Å². The highest BCUT2D eigenvalue weighted by atomic mass is 16.5. The Bertz CT molecular complexity index is 141. The summed E-state index contributed by atoms with van der Waals surface area (Å²) in [5.41, 5.74) is 4.93. The van der Waals surface area contributed by atoms with E-state index in [1.807, 2.05) is 0 Å². The minimum atomic E-state index is -0.332. The maximum absolute atomic E-state index is 10.3. The number of nitrogens with two attached hydrogens (primary N) is 1. The smallest absolute Gasteiger partial charge is 0.219 e. The van der Waals surface area contributed by atoms with Gasteiger partial charge in [0, 0.05) is 26.7 Å². The molecule has 0 atom stereocenters. The van der Waals surface area contributed by atoms with Crippen LogP contribution in [0.15, 0.2) is 0 Å². The van der Waals surface area contributed by atoms with Crippen LogP contribution in [0.2, 0.25) is 0 Å². The summed E-state index contributed by atoms with van der Waals surface area (Å²) >= 11 is 0. The lowest BCUT2D eigenvalue weighted by atomic mass is 10.4. The Kier molecular flexibility index (Phi) is 9.95. The summed E-state index contributed by atoms with van der Waals surface area (Å²) in [7, 11) is 1.64. The van der Waals surface area contributed by atoms with E-state index in [1.54, 1.807) is 7.11 Å². The molecule has 0 saturated heterocycles. The first-order valence-electron chi connectivity index (χ1n) is 4.70. The van der Waals surface area contributed by atoms with Crippen LogP contribution < -0.4 is 5.73 Å². The molecule has 0 unspecified atom stereocenters. The third-order valence-electron chi connectivity index (χ3n) is 1.50. The number of carbonyl (C=O) groups excluding carboxylic acids is 1. The van der Waals surface area contributed by atoms with Crippen molar-refractivity contribution in [1.29, 1.82) is 0 Å². The van der Waals surface area contributed by atoms with Crippen molar-refractivity contribution in [2.45, 2.75) is 12.8 Å². The zero-order valence-corrected chi connectivity index (χ0v) is 8.66. The van der Waals surface area contributed by atoms with E-state index in [-0.39, 0.29) is 12.3 Å². The Hall–Kier alpha value is -0.650. The molecule has 14 heavy (non-hydrogen) atoms. The average Bonchev–Trinajstić information content (AvgIpc) is 2.15. The van der Waals surface area contributed by atoms with Gasteiger partial charge in [0.2, 0.25) is 5.91 Å². The predicted octanol–water partition coefficient (Wildman–Crippen LogP) is -0.0685. The number of primary amides is 1. The lowest BCUT2D eigenvalue weighted by molar-refractivity contribution is -0.119. The van der Waals surface area contributed by atoms with Gasteiger partial charge in [0.1, 0.15) is 0 Å². The molecule has 0 aromatic heterocycles. The van der Waals surface area contributed by atoms with Crippen molar-refractivity contribution < 1.29 is 19.0 Å². The van der Waals surface area contributed by atoms with Gasteiger partial charge in [0.05, 0.1) is 19.8 Å². The van der Waals surface area contributed by atoms with E-state index in [0.29, 0.717) is 33.0 Å². The number of rotatable bonds is 10. The molecule has 0 aromatic carbocycles. The second-order valence-electron chi connectivity index (χ2n) is 2.79. The molecular formula is C9H19NO4. The average molecular weight is 205 g/mol. The molecule has 0 heterocycles. The fourth-order valence-corrected chi connectivity index (χ4v) is 0.782. The van der Waals surface area contributed by atoms with E-state index in [0.717, 1.165) is 6.42 Å². The molecule has 0 bridgehead atoms. The maximum atomic E-state index is 10.3. The van der Waals surface area contributed by atoms with Gasteiger partial charge in [-0.05, 0) is 6.42 Å². The molecule has 0 rings (SSSR count). The van der Waals surface area contributed by atoms with E-state index < -0.39 is 0 Å². The number of carbonyl (C=O) groups is 1. The number of methoxy groups -OCH3 is 1. The van der Waals surface area contributed by atoms with Gasteiger partial charge in [-0.2, -0.15) is 0 Å². The van der Waals surface area contributed by atoms with E-state index >= 15 is 0 Å². The van der Waals surface area contributed by atoms with Crippen LogP contribution in [0.5, 0.6) is 0 Å². The van der Waals surface area contributed by atoms with Gasteiger partial charge >= 0.3 is 0 Å². The SMILES string of the molecule is COCCOCCCOCCC(N)=O. The van der Waals surface area contributed by atoms with E-state index in [4.69, 9.17) is 19.9 Å². The van der Waals surface area contributed by atoms with Gasteiger partial charge in [0.15, 0.2) is 0 Å². The summed E-state index contributed by atoms with van der Waals surface area (Å²) in [4.78, 5) is 10.3. The van der Waals surface area contributed by atoms with Gasteiger partial charge < -0.3 is 19.9 Å². The van der Waals surface area contributed by atoms with Crippen molar-refractivity contribution in [3.63, 3.8) is 0 Å². The van der Waals surface area contributed by atoms with Crippen LogP contribution in [0.25, 0.3) is 0 Å². The Morgan fingerprint density at radius 3 is 2.29 bits per heavy atom. The highest BCUT2D eigenvalue weighted by Gasteiger charge is 1.94. The van der Waals surface area contributed by atoms with Crippen molar-refractivity contribution in [2.24, 2.45) is 5.73 Å². The van der Waals surface area contributed by atoms with Crippen LogP contribution in [-0.2, 0) is 19.0 Å².